The number of halogens is 1. The molecule has 5 nitrogen and oxygen atoms in total. The molecular weight excluding hydrogens is 285 g/mol. The van der Waals surface area contributed by atoms with Gasteiger partial charge < -0.3 is 16.0 Å². The van der Waals surface area contributed by atoms with E-state index in [1.54, 1.807) is 18.2 Å². The fraction of sp³-hybridized carbons (Fsp3) is 0.375. The molecule has 1 aromatic rings. The minimum Gasteiger partial charge on any atom is -0.351 e. The average Bonchev–Trinajstić information content (AvgIpc) is 2.51. The maximum Gasteiger partial charge on any atom is 0.315 e. The van der Waals surface area contributed by atoms with E-state index in [4.69, 9.17) is 0 Å². The predicted molar refractivity (Wildman–Crippen MR) is 83.7 cm³/mol. The van der Waals surface area contributed by atoms with Gasteiger partial charge in [0.25, 0.3) is 0 Å². The summed E-state index contributed by atoms with van der Waals surface area (Å²) < 4.78 is 12.8. The molecule has 0 saturated carbocycles. The zero-order valence-electron chi connectivity index (χ0n) is 12.7. The second kappa shape index (κ2) is 9.55. The molecule has 0 aromatic heterocycles. The van der Waals surface area contributed by atoms with Gasteiger partial charge in [0.1, 0.15) is 11.9 Å². The van der Waals surface area contributed by atoms with Crippen LogP contribution in [0.4, 0.5) is 9.18 Å². The van der Waals surface area contributed by atoms with Crippen molar-refractivity contribution in [1.29, 1.82) is 0 Å². The third kappa shape index (κ3) is 6.39. The Morgan fingerprint density at radius 2 is 1.95 bits per heavy atom. The van der Waals surface area contributed by atoms with Gasteiger partial charge in [0.15, 0.2) is 0 Å². The molecule has 0 heterocycles. The van der Waals surface area contributed by atoms with Gasteiger partial charge in [-0.25, -0.2) is 9.18 Å². The van der Waals surface area contributed by atoms with Crippen molar-refractivity contribution in [3.05, 3.63) is 48.3 Å². The van der Waals surface area contributed by atoms with Gasteiger partial charge in [-0.3, -0.25) is 4.79 Å². The molecular formula is C16H22FN3O2. The first-order chi connectivity index (χ1) is 10.6. The molecule has 0 radical (unpaired) electrons. The van der Waals surface area contributed by atoms with E-state index in [9.17, 15) is 14.0 Å². The molecule has 0 fully saturated rings. The third-order valence-corrected chi connectivity index (χ3v) is 2.99. The summed E-state index contributed by atoms with van der Waals surface area (Å²) in [5.41, 5.74) is 0.778. The van der Waals surface area contributed by atoms with E-state index in [0.717, 1.165) is 12.0 Å². The second-order valence-electron chi connectivity index (χ2n) is 4.83. The molecule has 0 bridgehead atoms. The topological polar surface area (TPSA) is 70.2 Å². The van der Waals surface area contributed by atoms with Crippen molar-refractivity contribution in [1.82, 2.24) is 16.0 Å². The number of rotatable bonds is 8. The summed E-state index contributed by atoms with van der Waals surface area (Å²) in [6.45, 7) is 6.09. The van der Waals surface area contributed by atoms with Crippen LogP contribution in [0.5, 0.6) is 0 Å². The van der Waals surface area contributed by atoms with Gasteiger partial charge in [-0.15, -0.1) is 6.58 Å². The van der Waals surface area contributed by atoms with E-state index in [2.05, 4.69) is 22.5 Å². The molecule has 6 heteroatoms. The van der Waals surface area contributed by atoms with Crippen molar-refractivity contribution in [2.24, 2.45) is 0 Å². The Hall–Kier alpha value is -2.37. The van der Waals surface area contributed by atoms with E-state index in [1.807, 2.05) is 6.92 Å². The number of carbonyl (C=O) groups excluding carboxylic acids is 2. The van der Waals surface area contributed by atoms with Crippen molar-refractivity contribution in [3.8, 4) is 0 Å². The fourth-order valence-electron chi connectivity index (χ4n) is 1.85. The van der Waals surface area contributed by atoms with Crippen LogP contribution >= 0.6 is 0 Å². The highest BCUT2D eigenvalue weighted by atomic mass is 19.1. The van der Waals surface area contributed by atoms with Crippen molar-refractivity contribution >= 4 is 11.9 Å². The quantitative estimate of drug-likeness (QED) is 0.644. The molecule has 1 atom stereocenters. The first kappa shape index (κ1) is 17.7. The van der Waals surface area contributed by atoms with Crippen LogP contribution in [0, 0.1) is 5.82 Å². The van der Waals surface area contributed by atoms with Crippen molar-refractivity contribution in [2.75, 3.05) is 6.54 Å². The average molecular weight is 307 g/mol. The first-order valence-corrected chi connectivity index (χ1v) is 7.24. The highest BCUT2D eigenvalue weighted by Gasteiger charge is 2.18. The highest BCUT2D eigenvalue weighted by Crippen LogP contribution is 2.02. The maximum atomic E-state index is 12.8. The lowest BCUT2D eigenvalue weighted by atomic mass is 10.1. The lowest BCUT2D eigenvalue weighted by Crippen LogP contribution is -2.49. The van der Waals surface area contributed by atoms with Gasteiger partial charge in [-0.1, -0.05) is 31.6 Å². The standard InChI is InChI=1S/C16H22FN3O2/c1-3-5-14(15(21)18-10-4-2)20-16(22)19-11-12-6-8-13(17)9-7-12/h4,6-9,14H,2-3,5,10-11H2,1H3,(H,18,21)(H2,19,20,22). The number of carbonyl (C=O) groups is 2. The Kier molecular flexibility index (Phi) is 7.67. The molecule has 0 aliphatic carbocycles. The maximum absolute atomic E-state index is 12.8. The SMILES string of the molecule is C=CCNC(=O)C(CCC)NC(=O)NCc1ccc(F)cc1. The van der Waals surface area contributed by atoms with Gasteiger partial charge in [0, 0.05) is 13.1 Å². The van der Waals surface area contributed by atoms with Crippen LogP contribution < -0.4 is 16.0 Å². The monoisotopic (exact) mass is 307 g/mol. The lowest BCUT2D eigenvalue weighted by molar-refractivity contribution is -0.122. The molecule has 1 rings (SSSR count). The van der Waals surface area contributed by atoms with Crippen molar-refractivity contribution in [2.45, 2.75) is 32.4 Å². The number of nitrogens with one attached hydrogen (secondary N) is 3. The highest BCUT2D eigenvalue weighted by molar-refractivity contribution is 5.87. The summed E-state index contributed by atoms with van der Waals surface area (Å²) in [6.07, 6.45) is 2.90. The van der Waals surface area contributed by atoms with Gasteiger partial charge in [-0.2, -0.15) is 0 Å². The molecule has 22 heavy (non-hydrogen) atoms. The number of hydrogen-bond donors (Lipinski definition) is 3. The minimum absolute atomic E-state index is 0.237. The fourth-order valence-corrected chi connectivity index (χ4v) is 1.85. The molecule has 1 unspecified atom stereocenters. The zero-order valence-corrected chi connectivity index (χ0v) is 12.7. The Balaban J connectivity index is 2.46. The van der Waals surface area contributed by atoms with Crippen LogP contribution in [0.25, 0.3) is 0 Å². The number of urea groups is 1. The molecule has 120 valence electrons. The molecule has 0 aliphatic rings. The van der Waals surface area contributed by atoms with Crippen molar-refractivity contribution in [3.63, 3.8) is 0 Å². The summed E-state index contributed by atoms with van der Waals surface area (Å²) in [4.78, 5) is 23.7. The predicted octanol–water partition coefficient (Wildman–Crippen LogP) is 2.10. The van der Waals surface area contributed by atoms with Crippen LogP contribution in [-0.2, 0) is 11.3 Å². The van der Waals surface area contributed by atoms with Gasteiger partial charge >= 0.3 is 6.03 Å². The molecule has 1 aromatic carbocycles. The number of benzene rings is 1. The Labute approximate surface area is 130 Å². The summed E-state index contributed by atoms with van der Waals surface area (Å²) >= 11 is 0. The van der Waals surface area contributed by atoms with E-state index < -0.39 is 12.1 Å². The molecule has 0 aliphatic heterocycles. The normalized spacial score (nSPS) is 11.4. The van der Waals surface area contributed by atoms with E-state index >= 15 is 0 Å². The second-order valence-corrected chi connectivity index (χ2v) is 4.83. The van der Waals surface area contributed by atoms with Crippen LogP contribution in [0.1, 0.15) is 25.3 Å². The van der Waals surface area contributed by atoms with Crippen molar-refractivity contribution < 1.29 is 14.0 Å². The molecule has 0 saturated heterocycles. The van der Waals surface area contributed by atoms with Gasteiger partial charge in [0.05, 0.1) is 0 Å². The Bertz CT molecular complexity index is 503. The smallest absolute Gasteiger partial charge is 0.315 e. The minimum atomic E-state index is -0.585. The van der Waals surface area contributed by atoms with Gasteiger partial charge in [-0.05, 0) is 24.1 Å². The largest absolute Gasteiger partial charge is 0.351 e. The lowest BCUT2D eigenvalue weighted by Gasteiger charge is -2.17. The Morgan fingerprint density at radius 1 is 1.27 bits per heavy atom. The third-order valence-electron chi connectivity index (χ3n) is 2.99. The summed E-state index contributed by atoms with van der Waals surface area (Å²) in [5, 5.41) is 7.94. The molecule has 3 N–H and O–H groups in total. The van der Waals surface area contributed by atoms with Crippen LogP contribution in [0.3, 0.4) is 0 Å². The zero-order chi connectivity index (χ0) is 16.4. The van der Waals surface area contributed by atoms with Crippen LogP contribution in [0.15, 0.2) is 36.9 Å². The Morgan fingerprint density at radius 3 is 2.55 bits per heavy atom. The van der Waals surface area contributed by atoms with Gasteiger partial charge in [0.2, 0.25) is 5.91 Å². The summed E-state index contributed by atoms with van der Waals surface area (Å²) in [5.74, 6) is -0.561. The molecule has 0 spiro atoms. The number of hydrogen-bond acceptors (Lipinski definition) is 2. The van der Waals surface area contributed by atoms with E-state index in [1.165, 1.54) is 12.1 Å². The summed E-state index contributed by atoms with van der Waals surface area (Å²) in [7, 11) is 0. The van der Waals surface area contributed by atoms with E-state index in [0.29, 0.717) is 13.0 Å². The van der Waals surface area contributed by atoms with E-state index in [-0.39, 0.29) is 18.3 Å². The first-order valence-electron chi connectivity index (χ1n) is 7.24. The summed E-state index contributed by atoms with van der Waals surface area (Å²) in [6, 6.07) is 4.83. The molecule has 3 amide bonds. The van der Waals surface area contributed by atoms with Crippen LogP contribution in [-0.4, -0.2) is 24.5 Å². The number of amides is 3. The van der Waals surface area contributed by atoms with Crippen LogP contribution in [0.2, 0.25) is 0 Å².